The van der Waals surface area contributed by atoms with Crippen LogP contribution in [0.4, 0.5) is 14.5 Å². The Morgan fingerprint density at radius 3 is 2.52 bits per heavy atom. The van der Waals surface area contributed by atoms with Crippen molar-refractivity contribution in [3.63, 3.8) is 0 Å². The molecule has 2 amide bonds. The van der Waals surface area contributed by atoms with Crippen LogP contribution in [-0.2, 0) is 4.79 Å². The van der Waals surface area contributed by atoms with Gasteiger partial charge in [0.2, 0.25) is 5.91 Å². The van der Waals surface area contributed by atoms with E-state index in [4.69, 9.17) is 0 Å². The van der Waals surface area contributed by atoms with E-state index in [0.29, 0.717) is 17.8 Å². The van der Waals surface area contributed by atoms with Crippen LogP contribution in [-0.4, -0.2) is 35.4 Å². The van der Waals surface area contributed by atoms with Crippen molar-refractivity contribution in [3.8, 4) is 5.75 Å². The van der Waals surface area contributed by atoms with Gasteiger partial charge in [-0.2, -0.15) is 0 Å². The van der Waals surface area contributed by atoms with E-state index >= 15 is 0 Å². The number of aryl methyl sites for hydroxylation is 1. The summed E-state index contributed by atoms with van der Waals surface area (Å²) in [5, 5.41) is 12.3. The standard InChI is InChI=1S/C18H18F2N2O3/c1-10-5-4-6-14(11(10)2)21-16(24)9-22(3)18(25)17-13(20)7-12(19)8-15(17)23/h4-8,23H,9H2,1-3H3,(H,21,24). The first kappa shape index (κ1) is 18.4. The molecule has 0 unspecified atom stereocenters. The third kappa shape index (κ3) is 4.12. The highest BCUT2D eigenvalue weighted by molar-refractivity contribution is 6.01. The number of amides is 2. The molecule has 0 aliphatic carbocycles. The molecule has 25 heavy (non-hydrogen) atoms. The summed E-state index contributed by atoms with van der Waals surface area (Å²) < 4.78 is 26.8. The summed E-state index contributed by atoms with van der Waals surface area (Å²) in [6, 6.07) is 6.56. The fourth-order valence-corrected chi connectivity index (χ4v) is 2.33. The molecular formula is C18H18F2N2O3. The van der Waals surface area contributed by atoms with Crippen molar-refractivity contribution < 1.29 is 23.5 Å². The summed E-state index contributed by atoms with van der Waals surface area (Å²) in [7, 11) is 1.28. The first-order valence-corrected chi connectivity index (χ1v) is 7.50. The molecule has 2 rings (SSSR count). The predicted molar refractivity (Wildman–Crippen MR) is 89.5 cm³/mol. The fourth-order valence-electron chi connectivity index (χ4n) is 2.33. The highest BCUT2D eigenvalue weighted by Crippen LogP contribution is 2.23. The SMILES string of the molecule is Cc1cccc(NC(=O)CN(C)C(=O)c2c(O)cc(F)cc2F)c1C. The number of nitrogens with one attached hydrogen (secondary N) is 1. The van der Waals surface area contributed by atoms with Crippen LogP contribution in [0.3, 0.4) is 0 Å². The van der Waals surface area contributed by atoms with Crippen molar-refractivity contribution in [1.82, 2.24) is 4.90 Å². The molecule has 0 spiro atoms. The Kier molecular flexibility index (Phi) is 5.36. The van der Waals surface area contributed by atoms with Gasteiger partial charge in [-0.1, -0.05) is 12.1 Å². The average molecular weight is 348 g/mol. The number of hydrogen-bond donors (Lipinski definition) is 2. The molecule has 2 N–H and O–H groups in total. The quantitative estimate of drug-likeness (QED) is 0.892. The number of rotatable bonds is 4. The number of phenolic OH excluding ortho intramolecular Hbond substituents is 1. The van der Waals surface area contributed by atoms with Gasteiger partial charge in [0, 0.05) is 24.9 Å². The van der Waals surface area contributed by atoms with Gasteiger partial charge in [0.15, 0.2) is 0 Å². The monoisotopic (exact) mass is 348 g/mol. The summed E-state index contributed by atoms with van der Waals surface area (Å²) in [4.78, 5) is 25.3. The maximum atomic E-state index is 13.8. The molecule has 0 radical (unpaired) electrons. The maximum absolute atomic E-state index is 13.8. The number of hydrogen-bond acceptors (Lipinski definition) is 3. The molecule has 0 heterocycles. The van der Waals surface area contributed by atoms with Gasteiger partial charge in [0.25, 0.3) is 5.91 Å². The molecule has 0 aliphatic rings. The third-order valence-corrected chi connectivity index (χ3v) is 3.85. The van der Waals surface area contributed by atoms with Gasteiger partial charge in [0.05, 0.1) is 6.54 Å². The number of nitrogens with zero attached hydrogens (tertiary/aromatic N) is 1. The topological polar surface area (TPSA) is 69.6 Å². The van der Waals surface area contributed by atoms with Gasteiger partial charge in [-0.25, -0.2) is 8.78 Å². The smallest absolute Gasteiger partial charge is 0.260 e. The van der Waals surface area contributed by atoms with E-state index in [9.17, 15) is 23.5 Å². The van der Waals surface area contributed by atoms with Gasteiger partial charge in [-0.3, -0.25) is 9.59 Å². The van der Waals surface area contributed by atoms with Crippen LogP contribution in [0, 0.1) is 25.5 Å². The molecule has 5 nitrogen and oxygen atoms in total. The van der Waals surface area contributed by atoms with Crippen molar-refractivity contribution >= 4 is 17.5 Å². The van der Waals surface area contributed by atoms with Crippen LogP contribution >= 0.6 is 0 Å². The lowest BCUT2D eigenvalue weighted by Gasteiger charge is -2.18. The zero-order chi connectivity index (χ0) is 18.7. The van der Waals surface area contributed by atoms with Crippen molar-refractivity contribution in [2.24, 2.45) is 0 Å². The zero-order valence-electron chi connectivity index (χ0n) is 14.1. The molecule has 0 aromatic heterocycles. The highest BCUT2D eigenvalue weighted by atomic mass is 19.1. The Hall–Kier alpha value is -2.96. The van der Waals surface area contributed by atoms with Crippen LogP contribution in [0.1, 0.15) is 21.5 Å². The van der Waals surface area contributed by atoms with E-state index in [-0.39, 0.29) is 6.54 Å². The van der Waals surface area contributed by atoms with E-state index in [2.05, 4.69) is 5.32 Å². The van der Waals surface area contributed by atoms with Crippen LogP contribution in [0.5, 0.6) is 5.75 Å². The summed E-state index contributed by atoms with van der Waals surface area (Å²) >= 11 is 0. The van der Waals surface area contributed by atoms with Crippen molar-refractivity contribution in [2.75, 3.05) is 18.9 Å². The molecule has 7 heteroatoms. The molecule has 0 aliphatic heterocycles. The minimum Gasteiger partial charge on any atom is -0.507 e. The minimum atomic E-state index is -1.19. The summed E-state index contributed by atoms with van der Waals surface area (Å²) in [6.07, 6.45) is 0. The lowest BCUT2D eigenvalue weighted by atomic mass is 10.1. The lowest BCUT2D eigenvalue weighted by Crippen LogP contribution is -2.35. The van der Waals surface area contributed by atoms with E-state index < -0.39 is 34.8 Å². The third-order valence-electron chi connectivity index (χ3n) is 3.85. The molecule has 0 saturated carbocycles. The number of phenols is 1. The van der Waals surface area contributed by atoms with Crippen molar-refractivity contribution in [3.05, 3.63) is 58.7 Å². The number of halogens is 2. The molecule has 0 fully saturated rings. The first-order valence-electron chi connectivity index (χ1n) is 7.50. The second kappa shape index (κ2) is 7.29. The molecule has 0 atom stereocenters. The molecule has 132 valence electrons. The van der Waals surface area contributed by atoms with E-state index in [0.717, 1.165) is 16.0 Å². The van der Waals surface area contributed by atoms with E-state index in [1.54, 1.807) is 12.1 Å². The average Bonchev–Trinajstić information content (AvgIpc) is 2.50. The van der Waals surface area contributed by atoms with Gasteiger partial charge in [-0.15, -0.1) is 0 Å². The fraction of sp³-hybridized carbons (Fsp3) is 0.222. The van der Waals surface area contributed by atoms with Crippen LogP contribution in [0.2, 0.25) is 0 Å². The highest BCUT2D eigenvalue weighted by Gasteiger charge is 2.23. The Morgan fingerprint density at radius 1 is 1.20 bits per heavy atom. The second-order valence-electron chi connectivity index (χ2n) is 5.74. The van der Waals surface area contributed by atoms with Gasteiger partial charge < -0.3 is 15.3 Å². The molecule has 2 aromatic rings. The minimum absolute atomic E-state index is 0.359. The Bertz CT molecular complexity index is 814. The molecular weight excluding hydrogens is 330 g/mol. The number of carbonyl (C=O) groups is 2. The van der Waals surface area contributed by atoms with Crippen LogP contribution in [0.15, 0.2) is 30.3 Å². The Labute approximate surface area is 143 Å². The Balaban J connectivity index is 2.11. The largest absolute Gasteiger partial charge is 0.507 e. The van der Waals surface area contributed by atoms with Gasteiger partial charge in [-0.05, 0) is 31.0 Å². The summed E-state index contributed by atoms with van der Waals surface area (Å²) in [5.74, 6) is -4.41. The van der Waals surface area contributed by atoms with E-state index in [1.165, 1.54) is 7.05 Å². The van der Waals surface area contributed by atoms with Gasteiger partial charge >= 0.3 is 0 Å². The summed E-state index contributed by atoms with van der Waals surface area (Å²) in [5.41, 5.74) is 1.83. The normalized spacial score (nSPS) is 10.4. The molecule has 0 bridgehead atoms. The number of aromatic hydroxyl groups is 1. The van der Waals surface area contributed by atoms with Crippen LogP contribution < -0.4 is 5.32 Å². The molecule has 0 saturated heterocycles. The second-order valence-corrected chi connectivity index (χ2v) is 5.74. The van der Waals surface area contributed by atoms with Crippen molar-refractivity contribution in [1.29, 1.82) is 0 Å². The number of carbonyl (C=O) groups excluding carboxylic acids is 2. The number of likely N-dealkylation sites (N-methyl/N-ethyl adjacent to an activating group) is 1. The molecule has 2 aromatic carbocycles. The predicted octanol–water partition coefficient (Wildman–Crippen LogP) is 3.00. The van der Waals surface area contributed by atoms with Crippen LogP contribution in [0.25, 0.3) is 0 Å². The number of anilines is 1. The zero-order valence-corrected chi connectivity index (χ0v) is 14.1. The first-order chi connectivity index (χ1) is 11.7. The maximum Gasteiger partial charge on any atom is 0.260 e. The Morgan fingerprint density at radius 2 is 1.88 bits per heavy atom. The number of benzene rings is 2. The van der Waals surface area contributed by atoms with E-state index in [1.807, 2.05) is 19.9 Å². The summed E-state index contributed by atoms with van der Waals surface area (Å²) in [6.45, 7) is 3.40. The van der Waals surface area contributed by atoms with Gasteiger partial charge in [0.1, 0.15) is 22.9 Å². The van der Waals surface area contributed by atoms with Crippen molar-refractivity contribution in [2.45, 2.75) is 13.8 Å². The lowest BCUT2D eigenvalue weighted by molar-refractivity contribution is -0.116.